The molecule has 0 bridgehead atoms. The van der Waals surface area contributed by atoms with E-state index in [2.05, 4.69) is 53.4 Å². The van der Waals surface area contributed by atoms with E-state index in [1.807, 2.05) is 0 Å². The van der Waals surface area contributed by atoms with Gasteiger partial charge in [-0.15, -0.1) is 0 Å². The quantitative estimate of drug-likeness (QED) is 0.338. The molecule has 0 aromatic carbocycles. The SMILES string of the molecule is C=C(C)C(=O)NCC(C)(C)CC(C)(S)C[PH](CC)(CC)CC. The average molecular weight is 348 g/mol. The van der Waals surface area contributed by atoms with Gasteiger partial charge in [-0.05, 0) is 0 Å². The Morgan fingerprint density at radius 3 is 1.95 bits per heavy atom. The molecule has 0 aliphatic carbocycles. The predicted octanol–water partition coefficient (Wildman–Crippen LogP) is 4.59. The van der Waals surface area contributed by atoms with E-state index in [1.165, 1.54) is 24.6 Å². The van der Waals surface area contributed by atoms with Crippen LogP contribution in [0.1, 0.15) is 54.9 Å². The van der Waals surface area contributed by atoms with Crippen molar-refractivity contribution in [1.29, 1.82) is 0 Å². The minimum absolute atomic E-state index is 0.0334. The first kappa shape index (κ1) is 22.0. The van der Waals surface area contributed by atoms with Gasteiger partial charge in [-0.25, -0.2) is 0 Å². The zero-order chi connectivity index (χ0) is 17.6. The van der Waals surface area contributed by atoms with Crippen LogP contribution in [0.5, 0.6) is 0 Å². The van der Waals surface area contributed by atoms with E-state index in [-0.39, 0.29) is 16.1 Å². The number of rotatable bonds is 10. The molecule has 0 aliphatic heterocycles. The van der Waals surface area contributed by atoms with Gasteiger partial charge in [0, 0.05) is 0 Å². The van der Waals surface area contributed by atoms with Crippen molar-refractivity contribution in [2.75, 3.05) is 31.2 Å². The normalized spacial score (nSPS) is 16.0. The van der Waals surface area contributed by atoms with Crippen LogP contribution in [-0.4, -0.2) is 41.8 Å². The van der Waals surface area contributed by atoms with E-state index >= 15 is 0 Å². The summed E-state index contributed by atoms with van der Waals surface area (Å²) in [4.78, 5) is 11.7. The summed E-state index contributed by atoms with van der Waals surface area (Å²) in [7, 11) is -1.19. The summed E-state index contributed by atoms with van der Waals surface area (Å²) in [6.45, 7) is 19.9. The second kappa shape index (κ2) is 8.73. The molecule has 132 valence electrons. The topological polar surface area (TPSA) is 29.1 Å². The fourth-order valence-electron chi connectivity index (χ4n) is 3.56. The number of nitrogens with one attached hydrogen (secondary N) is 1. The van der Waals surface area contributed by atoms with Gasteiger partial charge in [0.2, 0.25) is 0 Å². The van der Waals surface area contributed by atoms with E-state index in [0.29, 0.717) is 12.1 Å². The van der Waals surface area contributed by atoms with E-state index in [0.717, 1.165) is 6.42 Å². The zero-order valence-corrected chi connectivity index (χ0v) is 17.7. The zero-order valence-electron chi connectivity index (χ0n) is 15.8. The van der Waals surface area contributed by atoms with Gasteiger partial charge in [-0.3, -0.25) is 0 Å². The molecule has 0 aromatic heterocycles. The summed E-state index contributed by atoms with van der Waals surface area (Å²) in [6, 6.07) is 0. The summed E-state index contributed by atoms with van der Waals surface area (Å²) in [5.41, 5.74) is 0.607. The molecule has 0 heterocycles. The molecule has 1 unspecified atom stereocenters. The number of carbonyl (C=O) groups excluding carboxylic acids is 1. The maximum atomic E-state index is 11.7. The molecule has 1 amide bonds. The molecular weight excluding hydrogens is 309 g/mol. The molecule has 0 aliphatic rings. The van der Waals surface area contributed by atoms with Crippen LogP contribution in [0, 0.1) is 5.41 Å². The van der Waals surface area contributed by atoms with Crippen LogP contribution in [0.3, 0.4) is 0 Å². The van der Waals surface area contributed by atoms with Crippen molar-refractivity contribution in [1.82, 2.24) is 5.32 Å². The summed E-state index contributed by atoms with van der Waals surface area (Å²) < 4.78 is 0.0334. The summed E-state index contributed by atoms with van der Waals surface area (Å²) in [5, 5.41) is 2.99. The number of hydrogen-bond acceptors (Lipinski definition) is 2. The van der Waals surface area contributed by atoms with Crippen molar-refractivity contribution >= 4 is 25.8 Å². The Morgan fingerprint density at radius 1 is 1.14 bits per heavy atom. The molecule has 0 saturated heterocycles. The molecule has 0 fully saturated rings. The Labute approximate surface area is 144 Å². The van der Waals surface area contributed by atoms with Gasteiger partial charge in [-0.2, -0.15) is 0 Å². The first-order valence-electron chi connectivity index (χ1n) is 8.58. The van der Waals surface area contributed by atoms with E-state index in [4.69, 9.17) is 12.6 Å². The van der Waals surface area contributed by atoms with Crippen LogP contribution in [0.15, 0.2) is 12.2 Å². The number of amides is 1. The average Bonchev–Trinajstić information content (AvgIpc) is 2.41. The Morgan fingerprint density at radius 2 is 1.59 bits per heavy atom. The van der Waals surface area contributed by atoms with Crippen LogP contribution >= 0.6 is 19.9 Å². The second-order valence-electron chi connectivity index (χ2n) is 8.04. The fourth-order valence-corrected chi connectivity index (χ4v) is 8.98. The maximum absolute atomic E-state index is 11.7. The molecule has 22 heavy (non-hydrogen) atoms. The molecule has 1 N–H and O–H groups in total. The van der Waals surface area contributed by atoms with Crippen molar-refractivity contribution < 1.29 is 4.79 Å². The van der Waals surface area contributed by atoms with Gasteiger partial charge in [-0.1, -0.05) is 0 Å². The predicted molar refractivity (Wildman–Crippen MR) is 108 cm³/mol. The van der Waals surface area contributed by atoms with Crippen molar-refractivity contribution in [3.63, 3.8) is 0 Å². The second-order valence-corrected chi connectivity index (χ2v) is 14.6. The standard InChI is InChI=1S/C18H38NOPS/c1-9-21(10-2,11-3)14-18(8,22)12-17(6,7)13-19-16(20)15(4)5/h21-22H,4,9-14H2,1-3,5-8H3,(H,19,20). The van der Waals surface area contributed by atoms with Crippen molar-refractivity contribution in [2.45, 2.75) is 59.6 Å². The molecule has 0 aromatic rings. The van der Waals surface area contributed by atoms with Gasteiger partial charge in [0.1, 0.15) is 0 Å². The van der Waals surface area contributed by atoms with E-state index < -0.39 is 7.26 Å². The Hall–Kier alpha value is -0.0100. The first-order valence-corrected chi connectivity index (χ1v) is 11.9. The molecule has 2 nitrogen and oxygen atoms in total. The van der Waals surface area contributed by atoms with Gasteiger partial charge in [0.25, 0.3) is 0 Å². The van der Waals surface area contributed by atoms with Crippen molar-refractivity contribution in [2.24, 2.45) is 5.41 Å². The van der Waals surface area contributed by atoms with Crippen LogP contribution in [0.25, 0.3) is 0 Å². The molecule has 1 atom stereocenters. The van der Waals surface area contributed by atoms with Gasteiger partial charge in [0.05, 0.1) is 0 Å². The first-order chi connectivity index (χ1) is 9.92. The Kier molecular flexibility index (Phi) is 8.73. The van der Waals surface area contributed by atoms with Crippen LogP contribution < -0.4 is 5.32 Å². The van der Waals surface area contributed by atoms with Crippen molar-refractivity contribution in [3.8, 4) is 0 Å². The van der Waals surface area contributed by atoms with Gasteiger partial charge in [0.15, 0.2) is 0 Å². The van der Waals surface area contributed by atoms with Crippen LogP contribution in [-0.2, 0) is 4.79 Å². The van der Waals surface area contributed by atoms with E-state index in [1.54, 1.807) is 6.92 Å². The molecule has 0 radical (unpaired) electrons. The summed E-state index contributed by atoms with van der Waals surface area (Å²) in [5.74, 6) is -0.0478. The third kappa shape index (κ3) is 7.51. The third-order valence-electron chi connectivity index (χ3n) is 4.98. The van der Waals surface area contributed by atoms with E-state index in [9.17, 15) is 4.79 Å². The monoisotopic (exact) mass is 347 g/mol. The number of thiol groups is 1. The molecule has 0 saturated carbocycles. The summed E-state index contributed by atoms with van der Waals surface area (Å²) >= 11 is 5.03. The van der Waals surface area contributed by atoms with Gasteiger partial charge < -0.3 is 0 Å². The van der Waals surface area contributed by atoms with Crippen molar-refractivity contribution in [3.05, 3.63) is 12.2 Å². The molecule has 0 spiro atoms. The third-order valence-corrected chi connectivity index (χ3v) is 11.6. The minimum atomic E-state index is -1.19. The molecule has 4 heteroatoms. The summed E-state index contributed by atoms with van der Waals surface area (Å²) in [6.07, 6.45) is 6.27. The Balaban J connectivity index is 4.79. The molecule has 0 rings (SSSR count). The van der Waals surface area contributed by atoms with Gasteiger partial charge >= 0.3 is 144 Å². The fraction of sp³-hybridized carbons (Fsp3) is 0.833. The number of carbonyl (C=O) groups is 1. The van der Waals surface area contributed by atoms with Crippen LogP contribution in [0.2, 0.25) is 0 Å². The Bertz CT molecular complexity index is 378. The molecular formula is C18H38NOPS. The van der Waals surface area contributed by atoms with Crippen LogP contribution in [0.4, 0.5) is 0 Å². The number of hydrogen-bond donors (Lipinski definition) is 2.